The topological polar surface area (TPSA) is 97.0 Å². The predicted molar refractivity (Wildman–Crippen MR) is 115 cm³/mol. The fourth-order valence-electron chi connectivity index (χ4n) is 2.58. The summed E-state index contributed by atoms with van der Waals surface area (Å²) in [6.45, 7) is 8.14. The molecule has 0 spiro atoms. The van der Waals surface area contributed by atoms with Gasteiger partial charge in [-0.3, -0.25) is 4.79 Å². The number of aliphatic imine (C=N–C) groups is 1. The SMILES string of the molecule is CCN(C(N)=NC(=O)OC(C)(C)C)c1ccc(CNC(=O)c2ccccc2)cc1. The molecule has 2 aromatic carbocycles. The lowest BCUT2D eigenvalue weighted by atomic mass is 10.1. The van der Waals surface area contributed by atoms with Crippen LogP contribution in [0.5, 0.6) is 0 Å². The maximum absolute atomic E-state index is 12.1. The van der Waals surface area contributed by atoms with E-state index in [2.05, 4.69) is 10.3 Å². The minimum atomic E-state index is -0.728. The first-order valence-electron chi connectivity index (χ1n) is 9.46. The molecule has 2 aromatic rings. The molecule has 0 unspecified atom stereocenters. The number of benzene rings is 2. The highest BCUT2D eigenvalue weighted by Crippen LogP contribution is 2.16. The Labute approximate surface area is 171 Å². The van der Waals surface area contributed by atoms with Crippen LogP contribution in [0.4, 0.5) is 10.5 Å². The van der Waals surface area contributed by atoms with Crippen molar-refractivity contribution in [2.75, 3.05) is 11.4 Å². The standard InChI is InChI=1S/C22H28N4O3/c1-5-26(20(23)25-21(28)29-22(2,3)4)18-13-11-16(12-14-18)15-24-19(27)17-9-7-6-8-10-17/h6-14H,5,15H2,1-4H3,(H,24,27)(H2,23,25,28). The highest BCUT2D eigenvalue weighted by Gasteiger charge is 2.17. The van der Waals surface area contributed by atoms with E-state index in [1.54, 1.807) is 37.8 Å². The molecule has 2 amide bonds. The summed E-state index contributed by atoms with van der Waals surface area (Å²) in [7, 11) is 0. The van der Waals surface area contributed by atoms with Crippen molar-refractivity contribution in [2.45, 2.75) is 39.8 Å². The fraction of sp³-hybridized carbons (Fsp3) is 0.318. The van der Waals surface area contributed by atoms with Crippen molar-refractivity contribution >= 4 is 23.6 Å². The normalized spacial score (nSPS) is 11.7. The molecule has 0 bridgehead atoms. The molecule has 0 aliphatic heterocycles. The van der Waals surface area contributed by atoms with Crippen molar-refractivity contribution in [3.05, 3.63) is 65.7 Å². The van der Waals surface area contributed by atoms with Gasteiger partial charge in [-0.1, -0.05) is 30.3 Å². The Hall–Kier alpha value is -3.35. The van der Waals surface area contributed by atoms with Gasteiger partial charge in [0.25, 0.3) is 5.91 Å². The predicted octanol–water partition coefficient (Wildman–Crippen LogP) is 3.69. The van der Waals surface area contributed by atoms with E-state index in [1.807, 2.05) is 49.4 Å². The molecule has 7 nitrogen and oxygen atoms in total. The van der Waals surface area contributed by atoms with Crippen LogP contribution in [0.3, 0.4) is 0 Å². The van der Waals surface area contributed by atoms with E-state index in [4.69, 9.17) is 10.5 Å². The van der Waals surface area contributed by atoms with E-state index in [0.717, 1.165) is 11.3 Å². The molecule has 0 fully saturated rings. The van der Waals surface area contributed by atoms with Crippen LogP contribution in [0.2, 0.25) is 0 Å². The summed E-state index contributed by atoms with van der Waals surface area (Å²) in [6, 6.07) is 16.6. The number of nitrogens with zero attached hydrogens (tertiary/aromatic N) is 2. The first-order chi connectivity index (χ1) is 13.7. The summed E-state index contributed by atoms with van der Waals surface area (Å²) >= 11 is 0. The largest absolute Gasteiger partial charge is 0.442 e. The zero-order chi connectivity index (χ0) is 21.4. The average Bonchev–Trinajstić information content (AvgIpc) is 2.66. The van der Waals surface area contributed by atoms with Crippen LogP contribution in [0.15, 0.2) is 59.6 Å². The molecule has 0 heterocycles. The van der Waals surface area contributed by atoms with Gasteiger partial charge in [-0.15, -0.1) is 4.99 Å². The third-order valence-electron chi connectivity index (χ3n) is 3.93. The Morgan fingerprint density at radius 1 is 1.07 bits per heavy atom. The first kappa shape index (κ1) is 21.9. The van der Waals surface area contributed by atoms with E-state index >= 15 is 0 Å². The number of ether oxygens (including phenoxy) is 1. The minimum Gasteiger partial charge on any atom is -0.442 e. The molecule has 2 rings (SSSR count). The summed E-state index contributed by atoms with van der Waals surface area (Å²) in [5.41, 5.74) is 7.71. The molecule has 154 valence electrons. The number of amides is 2. The second-order valence-corrected chi connectivity index (χ2v) is 7.41. The number of hydrogen-bond donors (Lipinski definition) is 2. The molecule has 3 N–H and O–H groups in total. The van der Waals surface area contributed by atoms with E-state index < -0.39 is 11.7 Å². The van der Waals surface area contributed by atoms with Crippen molar-refractivity contribution < 1.29 is 14.3 Å². The van der Waals surface area contributed by atoms with E-state index in [9.17, 15) is 9.59 Å². The first-order valence-corrected chi connectivity index (χ1v) is 9.46. The number of nitrogens with one attached hydrogen (secondary N) is 1. The summed E-state index contributed by atoms with van der Waals surface area (Å²) < 4.78 is 5.18. The van der Waals surface area contributed by atoms with E-state index in [-0.39, 0.29) is 11.9 Å². The van der Waals surface area contributed by atoms with Gasteiger partial charge >= 0.3 is 6.09 Å². The quantitative estimate of drug-likeness (QED) is 0.593. The third-order valence-corrected chi connectivity index (χ3v) is 3.93. The molecule has 0 saturated heterocycles. The molecule has 7 heteroatoms. The number of carbonyl (C=O) groups excluding carboxylic acids is 2. The van der Waals surface area contributed by atoms with Gasteiger partial charge in [0.1, 0.15) is 5.60 Å². The van der Waals surface area contributed by atoms with Crippen LogP contribution in [-0.4, -0.2) is 30.1 Å². The second kappa shape index (κ2) is 9.73. The lowest BCUT2D eigenvalue weighted by molar-refractivity contribution is 0.0603. The number of anilines is 1. The highest BCUT2D eigenvalue weighted by atomic mass is 16.6. The lowest BCUT2D eigenvalue weighted by Gasteiger charge is -2.23. The molecular formula is C22H28N4O3. The van der Waals surface area contributed by atoms with Crippen LogP contribution in [-0.2, 0) is 11.3 Å². The average molecular weight is 396 g/mol. The molecule has 0 saturated carbocycles. The lowest BCUT2D eigenvalue weighted by Crippen LogP contribution is -2.38. The van der Waals surface area contributed by atoms with Gasteiger partial charge in [0.05, 0.1) is 0 Å². The summed E-state index contributed by atoms with van der Waals surface area (Å²) in [5.74, 6) is -0.0644. The fourth-order valence-corrected chi connectivity index (χ4v) is 2.58. The minimum absolute atomic E-state index is 0.0619. The second-order valence-electron chi connectivity index (χ2n) is 7.41. The van der Waals surface area contributed by atoms with Crippen LogP contribution < -0.4 is 16.0 Å². The Kier molecular flexibility index (Phi) is 7.36. The van der Waals surface area contributed by atoms with Gasteiger partial charge in [-0.05, 0) is 57.5 Å². The molecule has 0 aromatic heterocycles. The van der Waals surface area contributed by atoms with Crippen LogP contribution in [0, 0.1) is 0 Å². The van der Waals surface area contributed by atoms with E-state index in [1.165, 1.54) is 0 Å². The maximum Gasteiger partial charge on any atom is 0.437 e. The monoisotopic (exact) mass is 396 g/mol. The molecule has 0 radical (unpaired) electrons. The third kappa shape index (κ3) is 6.95. The number of carbonyl (C=O) groups is 2. The number of nitrogens with two attached hydrogens (primary N) is 1. The van der Waals surface area contributed by atoms with Crippen molar-refractivity contribution in [3.8, 4) is 0 Å². The van der Waals surface area contributed by atoms with Gasteiger partial charge in [0.15, 0.2) is 0 Å². The smallest absolute Gasteiger partial charge is 0.437 e. The van der Waals surface area contributed by atoms with Crippen LogP contribution >= 0.6 is 0 Å². The zero-order valence-corrected chi connectivity index (χ0v) is 17.3. The van der Waals surface area contributed by atoms with Crippen LogP contribution in [0.25, 0.3) is 0 Å². The summed E-state index contributed by atoms with van der Waals surface area (Å²) in [6.07, 6.45) is -0.728. The van der Waals surface area contributed by atoms with Gasteiger partial charge in [-0.2, -0.15) is 0 Å². The van der Waals surface area contributed by atoms with E-state index in [0.29, 0.717) is 18.7 Å². The van der Waals surface area contributed by atoms with Gasteiger partial charge < -0.3 is 20.7 Å². The maximum atomic E-state index is 12.1. The molecular weight excluding hydrogens is 368 g/mol. The van der Waals surface area contributed by atoms with Crippen molar-refractivity contribution in [2.24, 2.45) is 10.7 Å². The Morgan fingerprint density at radius 3 is 2.24 bits per heavy atom. The van der Waals surface area contributed by atoms with Crippen molar-refractivity contribution in [3.63, 3.8) is 0 Å². The Balaban J connectivity index is 2.01. The molecule has 0 atom stereocenters. The van der Waals surface area contributed by atoms with Gasteiger partial charge in [0, 0.05) is 24.3 Å². The number of rotatable bonds is 5. The number of guanidine groups is 1. The highest BCUT2D eigenvalue weighted by molar-refractivity contribution is 6.00. The summed E-state index contributed by atoms with van der Waals surface area (Å²) in [4.78, 5) is 29.6. The molecule has 0 aliphatic carbocycles. The van der Waals surface area contributed by atoms with Crippen molar-refractivity contribution in [1.82, 2.24) is 5.32 Å². The summed E-state index contributed by atoms with van der Waals surface area (Å²) in [5, 5.41) is 2.89. The molecule has 0 aliphatic rings. The van der Waals surface area contributed by atoms with Gasteiger partial charge in [0.2, 0.25) is 5.96 Å². The number of hydrogen-bond acceptors (Lipinski definition) is 3. The van der Waals surface area contributed by atoms with Crippen molar-refractivity contribution in [1.29, 1.82) is 0 Å². The van der Waals surface area contributed by atoms with Crippen LogP contribution in [0.1, 0.15) is 43.6 Å². The zero-order valence-electron chi connectivity index (χ0n) is 17.3. The van der Waals surface area contributed by atoms with Gasteiger partial charge in [-0.25, -0.2) is 4.79 Å². The molecule has 29 heavy (non-hydrogen) atoms. The Morgan fingerprint density at radius 2 is 1.69 bits per heavy atom. The Bertz CT molecular complexity index is 856.